The molecule has 0 aromatic heterocycles. The van der Waals surface area contributed by atoms with Crippen LogP contribution >= 0.6 is 0 Å². The average Bonchev–Trinajstić information content (AvgIpc) is 3.07. The highest BCUT2D eigenvalue weighted by molar-refractivity contribution is 6.46. The zero-order valence-corrected chi connectivity index (χ0v) is 18.3. The summed E-state index contributed by atoms with van der Waals surface area (Å²) in [4.78, 5) is 30.1. The molecule has 1 aliphatic rings. The standard InChI is InChI=1S/C26H23F2N3O2/c1-3-30(4-2)19-11-13-20(14-12-19)31-25(32)23(17-8-6-5-7-9-17)24(26(31)33)29-18-10-15-21(27)22(28)16-18/h5-16,29H,3-4H2,1-2H3. The third-order valence-corrected chi connectivity index (χ3v) is 5.57. The number of nitrogens with one attached hydrogen (secondary N) is 1. The van der Waals surface area contributed by atoms with Gasteiger partial charge in [0.05, 0.1) is 11.3 Å². The van der Waals surface area contributed by atoms with Crippen LogP contribution in [0.1, 0.15) is 19.4 Å². The summed E-state index contributed by atoms with van der Waals surface area (Å²) in [6, 6.07) is 19.2. The zero-order valence-electron chi connectivity index (χ0n) is 18.3. The highest BCUT2D eigenvalue weighted by atomic mass is 19.2. The number of halogens is 2. The Morgan fingerprint density at radius 1 is 0.818 bits per heavy atom. The van der Waals surface area contributed by atoms with Crippen LogP contribution in [-0.4, -0.2) is 24.9 Å². The summed E-state index contributed by atoms with van der Waals surface area (Å²) in [7, 11) is 0. The second-order valence-electron chi connectivity index (χ2n) is 7.50. The van der Waals surface area contributed by atoms with E-state index in [4.69, 9.17) is 0 Å². The molecule has 168 valence electrons. The Hall–Kier alpha value is -4.00. The van der Waals surface area contributed by atoms with Gasteiger partial charge in [0, 0.05) is 30.5 Å². The van der Waals surface area contributed by atoms with Gasteiger partial charge in [-0.25, -0.2) is 13.7 Å². The van der Waals surface area contributed by atoms with Crippen molar-refractivity contribution in [2.75, 3.05) is 28.2 Å². The summed E-state index contributed by atoms with van der Waals surface area (Å²) in [6.45, 7) is 5.77. The van der Waals surface area contributed by atoms with Gasteiger partial charge in [-0.3, -0.25) is 9.59 Å². The summed E-state index contributed by atoms with van der Waals surface area (Å²) in [5.74, 6) is -3.12. The van der Waals surface area contributed by atoms with E-state index in [0.29, 0.717) is 11.3 Å². The average molecular weight is 447 g/mol. The van der Waals surface area contributed by atoms with E-state index < -0.39 is 23.4 Å². The number of amides is 2. The largest absolute Gasteiger partial charge is 0.372 e. The van der Waals surface area contributed by atoms with Gasteiger partial charge in [0.25, 0.3) is 11.8 Å². The van der Waals surface area contributed by atoms with Gasteiger partial charge in [-0.1, -0.05) is 30.3 Å². The maximum Gasteiger partial charge on any atom is 0.282 e. The number of anilines is 3. The van der Waals surface area contributed by atoms with Crippen molar-refractivity contribution in [2.45, 2.75) is 13.8 Å². The Labute approximate surface area is 190 Å². The van der Waals surface area contributed by atoms with Crippen molar-refractivity contribution in [3.8, 4) is 0 Å². The van der Waals surface area contributed by atoms with E-state index in [0.717, 1.165) is 35.8 Å². The van der Waals surface area contributed by atoms with E-state index in [1.54, 1.807) is 42.5 Å². The van der Waals surface area contributed by atoms with Crippen molar-refractivity contribution < 1.29 is 18.4 Å². The number of imide groups is 1. The van der Waals surface area contributed by atoms with Crippen molar-refractivity contribution in [3.05, 3.63) is 95.7 Å². The van der Waals surface area contributed by atoms with Gasteiger partial charge in [-0.2, -0.15) is 0 Å². The maximum absolute atomic E-state index is 13.8. The summed E-state index contributed by atoms with van der Waals surface area (Å²) in [6.07, 6.45) is 0. The maximum atomic E-state index is 13.8. The normalized spacial score (nSPS) is 13.6. The van der Waals surface area contributed by atoms with Crippen LogP contribution in [0.2, 0.25) is 0 Å². The quantitative estimate of drug-likeness (QED) is 0.506. The van der Waals surface area contributed by atoms with Gasteiger partial charge in [0.15, 0.2) is 11.6 Å². The first-order valence-electron chi connectivity index (χ1n) is 10.7. The second kappa shape index (κ2) is 9.24. The van der Waals surface area contributed by atoms with E-state index >= 15 is 0 Å². The summed E-state index contributed by atoms with van der Waals surface area (Å²) < 4.78 is 27.1. The highest BCUT2D eigenvalue weighted by Crippen LogP contribution is 2.34. The minimum atomic E-state index is -1.05. The predicted molar refractivity (Wildman–Crippen MR) is 126 cm³/mol. The molecule has 3 aromatic rings. The van der Waals surface area contributed by atoms with Crippen molar-refractivity contribution >= 4 is 34.4 Å². The van der Waals surface area contributed by atoms with Crippen LogP contribution in [0.5, 0.6) is 0 Å². The van der Waals surface area contributed by atoms with Crippen LogP contribution in [0.25, 0.3) is 5.57 Å². The minimum absolute atomic E-state index is 0.00466. The first-order chi connectivity index (χ1) is 15.9. The Morgan fingerprint density at radius 2 is 1.48 bits per heavy atom. The highest BCUT2D eigenvalue weighted by Gasteiger charge is 2.40. The molecule has 0 spiro atoms. The number of carbonyl (C=O) groups is 2. The van der Waals surface area contributed by atoms with Crippen molar-refractivity contribution in [1.29, 1.82) is 0 Å². The van der Waals surface area contributed by atoms with Gasteiger partial charge >= 0.3 is 0 Å². The van der Waals surface area contributed by atoms with Crippen LogP contribution in [0.15, 0.2) is 78.5 Å². The fourth-order valence-corrected chi connectivity index (χ4v) is 3.87. The van der Waals surface area contributed by atoms with Gasteiger partial charge in [0.1, 0.15) is 5.70 Å². The molecule has 1 aliphatic heterocycles. The van der Waals surface area contributed by atoms with Gasteiger partial charge in [-0.15, -0.1) is 0 Å². The SMILES string of the molecule is CCN(CC)c1ccc(N2C(=O)C(Nc3ccc(F)c(F)c3)=C(c3ccccc3)C2=O)cc1. The molecule has 0 aliphatic carbocycles. The predicted octanol–water partition coefficient (Wildman–Crippen LogP) is 5.21. The Bertz CT molecular complexity index is 1220. The number of benzene rings is 3. The molecule has 1 N–H and O–H groups in total. The third-order valence-electron chi connectivity index (χ3n) is 5.57. The lowest BCUT2D eigenvalue weighted by atomic mass is 10.0. The van der Waals surface area contributed by atoms with Crippen LogP contribution in [0.3, 0.4) is 0 Å². The molecule has 0 atom stereocenters. The number of hydrogen-bond donors (Lipinski definition) is 1. The van der Waals surface area contributed by atoms with Gasteiger partial charge < -0.3 is 10.2 Å². The molecule has 2 amide bonds. The number of carbonyl (C=O) groups excluding carboxylic acids is 2. The Kier molecular flexibility index (Phi) is 6.22. The lowest BCUT2D eigenvalue weighted by Gasteiger charge is -2.22. The van der Waals surface area contributed by atoms with E-state index in [1.807, 2.05) is 12.1 Å². The third kappa shape index (κ3) is 4.22. The second-order valence-corrected chi connectivity index (χ2v) is 7.50. The lowest BCUT2D eigenvalue weighted by molar-refractivity contribution is -0.120. The molecule has 1 heterocycles. The van der Waals surface area contributed by atoms with Gasteiger partial charge in [0.2, 0.25) is 0 Å². The molecular formula is C26H23F2N3O2. The molecule has 33 heavy (non-hydrogen) atoms. The lowest BCUT2D eigenvalue weighted by Crippen LogP contribution is -2.32. The van der Waals surface area contributed by atoms with Gasteiger partial charge in [-0.05, 0) is 55.8 Å². The van der Waals surface area contributed by atoms with Crippen molar-refractivity contribution in [3.63, 3.8) is 0 Å². The van der Waals surface area contributed by atoms with E-state index in [9.17, 15) is 18.4 Å². The summed E-state index contributed by atoms with van der Waals surface area (Å²) in [5.41, 5.74) is 2.29. The first kappa shape index (κ1) is 22.2. The number of hydrogen-bond acceptors (Lipinski definition) is 4. The van der Waals surface area contributed by atoms with Crippen LogP contribution in [0, 0.1) is 11.6 Å². The van der Waals surface area contributed by atoms with E-state index in [1.165, 1.54) is 6.07 Å². The summed E-state index contributed by atoms with van der Waals surface area (Å²) >= 11 is 0. The Balaban J connectivity index is 1.74. The molecule has 0 radical (unpaired) electrons. The van der Waals surface area contributed by atoms with Crippen LogP contribution in [0.4, 0.5) is 25.8 Å². The fraction of sp³-hybridized carbons (Fsp3) is 0.154. The van der Waals surface area contributed by atoms with Crippen LogP contribution in [-0.2, 0) is 9.59 Å². The Morgan fingerprint density at radius 3 is 2.09 bits per heavy atom. The molecule has 0 bridgehead atoms. The number of rotatable bonds is 7. The molecule has 3 aromatic carbocycles. The number of nitrogens with zero attached hydrogens (tertiary/aromatic N) is 2. The monoisotopic (exact) mass is 447 g/mol. The molecule has 7 heteroatoms. The van der Waals surface area contributed by atoms with E-state index in [2.05, 4.69) is 24.1 Å². The van der Waals surface area contributed by atoms with Crippen LogP contribution < -0.4 is 15.1 Å². The molecule has 0 saturated heterocycles. The van der Waals surface area contributed by atoms with E-state index in [-0.39, 0.29) is 17.0 Å². The molecule has 0 saturated carbocycles. The summed E-state index contributed by atoms with van der Waals surface area (Å²) in [5, 5.41) is 2.84. The first-order valence-corrected chi connectivity index (χ1v) is 10.7. The smallest absolute Gasteiger partial charge is 0.282 e. The zero-order chi connectivity index (χ0) is 23.5. The topological polar surface area (TPSA) is 52.6 Å². The molecule has 0 unspecified atom stereocenters. The molecule has 0 fully saturated rings. The molecule has 4 rings (SSSR count). The van der Waals surface area contributed by atoms with Crippen molar-refractivity contribution in [2.24, 2.45) is 0 Å². The molecule has 5 nitrogen and oxygen atoms in total. The van der Waals surface area contributed by atoms with Crippen molar-refractivity contribution in [1.82, 2.24) is 0 Å². The molecular weight excluding hydrogens is 424 g/mol. The minimum Gasteiger partial charge on any atom is -0.372 e. The fourth-order valence-electron chi connectivity index (χ4n) is 3.87.